The van der Waals surface area contributed by atoms with E-state index >= 15 is 0 Å². The largest absolute Gasteiger partial charge is 0.416 e. The van der Waals surface area contributed by atoms with Crippen molar-refractivity contribution in [3.05, 3.63) is 34.9 Å². The fourth-order valence-corrected chi connectivity index (χ4v) is 2.59. The lowest BCUT2D eigenvalue weighted by atomic mass is 9.76. The fraction of sp³-hybridized carbons (Fsp3) is 0.462. The minimum atomic E-state index is -4.37. The summed E-state index contributed by atoms with van der Waals surface area (Å²) in [4.78, 5) is 14.2. The number of halogens is 3. The molecule has 0 spiro atoms. The molecule has 5 heteroatoms. The zero-order chi connectivity index (χ0) is 13.4. The van der Waals surface area contributed by atoms with Crippen molar-refractivity contribution in [3.8, 4) is 0 Å². The molecule has 1 unspecified atom stereocenters. The topological polar surface area (TPSA) is 29.4 Å². The normalized spacial score (nSPS) is 23.1. The van der Waals surface area contributed by atoms with E-state index in [1.807, 2.05) is 0 Å². The second-order valence-corrected chi connectivity index (χ2v) is 4.66. The van der Waals surface area contributed by atoms with Crippen molar-refractivity contribution in [2.75, 3.05) is 0 Å². The van der Waals surface area contributed by atoms with Crippen molar-refractivity contribution in [2.45, 2.75) is 37.9 Å². The third-order valence-corrected chi connectivity index (χ3v) is 3.44. The molecule has 1 aliphatic rings. The Morgan fingerprint density at radius 2 is 2.11 bits per heavy atom. The molecule has 0 aliphatic heterocycles. The van der Waals surface area contributed by atoms with E-state index in [2.05, 4.69) is 4.99 Å². The lowest BCUT2D eigenvalue weighted by Crippen LogP contribution is -2.27. The van der Waals surface area contributed by atoms with Crippen LogP contribution < -0.4 is 0 Å². The van der Waals surface area contributed by atoms with Gasteiger partial charge in [-0.3, -0.25) is 0 Å². The van der Waals surface area contributed by atoms with Gasteiger partial charge in [0.1, 0.15) is 0 Å². The summed E-state index contributed by atoms with van der Waals surface area (Å²) in [5, 5.41) is 0. The first-order chi connectivity index (χ1) is 8.38. The van der Waals surface area contributed by atoms with Crippen LogP contribution in [0.2, 0.25) is 0 Å². The van der Waals surface area contributed by atoms with Crippen molar-refractivity contribution in [2.24, 2.45) is 4.99 Å². The van der Waals surface area contributed by atoms with Gasteiger partial charge in [0.15, 0.2) is 0 Å². The van der Waals surface area contributed by atoms with Gasteiger partial charge in [-0.25, -0.2) is 4.79 Å². The summed E-state index contributed by atoms with van der Waals surface area (Å²) in [6, 6.07) is 4.06. The van der Waals surface area contributed by atoms with Gasteiger partial charge in [-0.15, -0.1) is 0 Å². The van der Waals surface area contributed by atoms with Crippen LogP contribution in [-0.4, -0.2) is 6.08 Å². The Balaban J connectivity index is 2.65. The molecule has 96 valence electrons. The van der Waals surface area contributed by atoms with Crippen LogP contribution in [0.25, 0.3) is 0 Å². The summed E-state index contributed by atoms with van der Waals surface area (Å²) >= 11 is 0. The lowest BCUT2D eigenvalue weighted by Gasteiger charge is -2.32. The molecule has 0 radical (unpaired) electrons. The van der Waals surface area contributed by atoms with Crippen LogP contribution in [0.1, 0.15) is 36.5 Å². The Bertz CT molecular complexity index is 517. The molecule has 0 saturated carbocycles. The molecule has 0 aromatic heterocycles. The van der Waals surface area contributed by atoms with E-state index in [4.69, 9.17) is 0 Å². The molecule has 2 rings (SSSR count). The smallest absolute Gasteiger partial charge is 0.211 e. The molecule has 2 nitrogen and oxygen atoms in total. The molecule has 0 saturated heterocycles. The molecule has 1 atom stereocenters. The second kappa shape index (κ2) is 4.25. The minimum Gasteiger partial charge on any atom is -0.211 e. The summed E-state index contributed by atoms with van der Waals surface area (Å²) in [5.74, 6) is 0. The maximum Gasteiger partial charge on any atom is 0.416 e. The van der Waals surface area contributed by atoms with Crippen LogP contribution >= 0.6 is 0 Å². The Kier molecular flexibility index (Phi) is 3.03. The Labute approximate surface area is 103 Å². The first kappa shape index (κ1) is 12.8. The molecule has 18 heavy (non-hydrogen) atoms. The van der Waals surface area contributed by atoms with Crippen molar-refractivity contribution in [1.82, 2.24) is 0 Å². The molecule has 1 aromatic rings. The van der Waals surface area contributed by atoms with Crippen molar-refractivity contribution in [3.63, 3.8) is 0 Å². The molecule has 0 fully saturated rings. The molecule has 0 bridgehead atoms. The number of fused-ring (bicyclic) bond motifs is 1. The first-order valence-electron chi connectivity index (χ1n) is 5.67. The Morgan fingerprint density at radius 1 is 1.39 bits per heavy atom. The number of hydrogen-bond acceptors (Lipinski definition) is 2. The number of alkyl halides is 3. The van der Waals surface area contributed by atoms with Gasteiger partial charge < -0.3 is 0 Å². The third kappa shape index (κ3) is 2.06. The molecular formula is C13H12F3NO. The number of aliphatic imine (C=N–C) groups is 1. The van der Waals surface area contributed by atoms with E-state index in [1.165, 1.54) is 12.1 Å². The van der Waals surface area contributed by atoms with E-state index in [0.29, 0.717) is 24.8 Å². The quantitative estimate of drug-likeness (QED) is 0.557. The maximum atomic E-state index is 12.9. The van der Waals surface area contributed by atoms with E-state index in [0.717, 1.165) is 6.07 Å². The number of nitrogens with zero attached hydrogens (tertiary/aromatic N) is 1. The van der Waals surface area contributed by atoms with E-state index in [9.17, 15) is 18.0 Å². The summed E-state index contributed by atoms with van der Waals surface area (Å²) in [5.41, 5.74) is -0.743. The third-order valence-electron chi connectivity index (χ3n) is 3.44. The predicted octanol–water partition coefficient (Wildman–Crippen LogP) is 3.59. The lowest BCUT2D eigenvalue weighted by molar-refractivity contribution is -0.138. The van der Waals surface area contributed by atoms with Crippen LogP contribution in [-0.2, 0) is 22.9 Å². The molecule has 1 aliphatic carbocycles. The van der Waals surface area contributed by atoms with Gasteiger partial charge in [0, 0.05) is 0 Å². The SMILES string of the molecule is CC1(N=C=O)CCCc2c(C(F)(F)F)cccc21. The van der Waals surface area contributed by atoms with E-state index in [-0.39, 0.29) is 5.56 Å². The average molecular weight is 255 g/mol. The molecule has 0 amide bonds. The van der Waals surface area contributed by atoms with Crippen LogP contribution in [0.4, 0.5) is 13.2 Å². The van der Waals surface area contributed by atoms with Gasteiger partial charge in [0.25, 0.3) is 0 Å². The van der Waals surface area contributed by atoms with Crippen LogP contribution in [0.15, 0.2) is 23.2 Å². The predicted molar refractivity (Wildman–Crippen MR) is 59.9 cm³/mol. The Morgan fingerprint density at radius 3 is 2.72 bits per heavy atom. The van der Waals surface area contributed by atoms with Gasteiger partial charge >= 0.3 is 6.18 Å². The summed E-state index contributed by atoms with van der Waals surface area (Å²) in [7, 11) is 0. The second-order valence-electron chi connectivity index (χ2n) is 4.66. The zero-order valence-corrected chi connectivity index (χ0v) is 9.84. The minimum absolute atomic E-state index is 0.262. The number of carbonyl (C=O) groups excluding carboxylic acids is 1. The Hall–Kier alpha value is -1.61. The summed E-state index contributed by atoms with van der Waals surface area (Å²) in [6.45, 7) is 1.68. The van der Waals surface area contributed by atoms with Gasteiger partial charge in [-0.05, 0) is 43.4 Å². The van der Waals surface area contributed by atoms with Gasteiger partial charge in [0.2, 0.25) is 6.08 Å². The average Bonchev–Trinajstić information content (AvgIpc) is 2.28. The highest BCUT2D eigenvalue weighted by molar-refractivity contribution is 5.46. The standard InChI is InChI=1S/C13H12F3NO/c1-12(17-8-18)7-3-4-9-10(12)5-2-6-11(9)13(14,15)16/h2,5-6H,3-4,7H2,1H3. The highest BCUT2D eigenvalue weighted by Crippen LogP contribution is 2.43. The first-order valence-corrected chi connectivity index (χ1v) is 5.67. The molecule has 0 heterocycles. The molecule has 0 N–H and O–H groups in total. The van der Waals surface area contributed by atoms with Gasteiger partial charge in [0.05, 0.1) is 11.1 Å². The van der Waals surface area contributed by atoms with E-state index < -0.39 is 17.3 Å². The number of isocyanates is 1. The number of hydrogen-bond donors (Lipinski definition) is 0. The van der Waals surface area contributed by atoms with Gasteiger partial charge in [-0.2, -0.15) is 18.2 Å². The van der Waals surface area contributed by atoms with Crippen LogP contribution in [0.5, 0.6) is 0 Å². The molecule has 1 aromatic carbocycles. The number of benzene rings is 1. The maximum absolute atomic E-state index is 12.9. The number of rotatable bonds is 1. The van der Waals surface area contributed by atoms with E-state index in [1.54, 1.807) is 13.0 Å². The van der Waals surface area contributed by atoms with Crippen LogP contribution in [0.3, 0.4) is 0 Å². The van der Waals surface area contributed by atoms with Crippen LogP contribution in [0, 0.1) is 0 Å². The summed E-state index contributed by atoms with van der Waals surface area (Å²) in [6.07, 6.45) is -1.37. The monoisotopic (exact) mass is 255 g/mol. The van der Waals surface area contributed by atoms with Gasteiger partial charge in [-0.1, -0.05) is 12.1 Å². The van der Waals surface area contributed by atoms with Crippen molar-refractivity contribution >= 4 is 6.08 Å². The highest BCUT2D eigenvalue weighted by atomic mass is 19.4. The highest BCUT2D eigenvalue weighted by Gasteiger charge is 2.39. The zero-order valence-electron chi connectivity index (χ0n) is 9.84. The van der Waals surface area contributed by atoms with Crippen molar-refractivity contribution in [1.29, 1.82) is 0 Å². The fourth-order valence-electron chi connectivity index (χ4n) is 2.59. The molecular weight excluding hydrogens is 243 g/mol. The van der Waals surface area contributed by atoms with Crippen molar-refractivity contribution < 1.29 is 18.0 Å². The summed E-state index contributed by atoms with van der Waals surface area (Å²) < 4.78 is 38.7.